The van der Waals surface area contributed by atoms with Crippen molar-refractivity contribution in [1.29, 1.82) is 0 Å². The van der Waals surface area contributed by atoms with Crippen molar-refractivity contribution in [2.24, 2.45) is 5.92 Å². The van der Waals surface area contributed by atoms with E-state index in [1.807, 2.05) is 0 Å². The molecule has 1 aromatic carbocycles. The van der Waals surface area contributed by atoms with Crippen molar-refractivity contribution in [3.8, 4) is 0 Å². The molecule has 0 saturated heterocycles. The van der Waals surface area contributed by atoms with Crippen LogP contribution in [0.4, 0.5) is 4.39 Å². The Kier molecular flexibility index (Phi) is 8.08. The lowest BCUT2D eigenvalue weighted by Crippen LogP contribution is -2.15. The standard InChI is InChI=1S/C16H25ClFN/c1-13(2)7-5-3-4-6-10-19-12-14-11-15(17)8-9-16(14)18/h8-9,11,13,19H,3-7,10,12H2,1-2H3. The van der Waals surface area contributed by atoms with Crippen LogP contribution in [0.3, 0.4) is 0 Å². The first-order chi connectivity index (χ1) is 9.09. The zero-order valence-electron chi connectivity index (χ0n) is 12.0. The molecule has 1 nitrogen and oxygen atoms in total. The fourth-order valence-electron chi connectivity index (χ4n) is 2.06. The molecule has 1 N–H and O–H groups in total. The van der Waals surface area contributed by atoms with Gasteiger partial charge in [-0.1, -0.05) is 51.1 Å². The van der Waals surface area contributed by atoms with Crippen LogP contribution in [0.25, 0.3) is 0 Å². The zero-order chi connectivity index (χ0) is 14.1. The topological polar surface area (TPSA) is 12.0 Å². The van der Waals surface area contributed by atoms with Crippen molar-refractivity contribution in [2.45, 2.75) is 52.5 Å². The minimum atomic E-state index is -0.186. The van der Waals surface area contributed by atoms with Crippen molar-refractivity contribution >= 4 is 11.6 Å². The first-order valence-corrected chi connectivity index (χ1v) is 7.62. The third kappa shape index (κ3) is 7.54. The molecule has 1 rings (SSSR count). The highest BCUT2D eigenvalue weighted by molar-refractivity contribution is 6.30. The average Bonchev–Trinajstić information content (AvgIpc) is 2.36. The van der Waals surface area contributed by atoms with Gasteiger partial charge in [-0.3, -0.25) is 0 Å². The van der Waals surface area contributed by atoms with Gasteiger partial charge < -0.3 is 5.32 Å². The molecule has 0 aliphatic heterocycles. The SMILES string of the molecule is CC(C)CCCCCCNCc1cc(Cl)ccc1F. The molecule has 0 spiro atoms. The largest absolute Gasteiger partial charge is 0.313 e. The van der Waals surface area contributed by atoms with Crippen molar-refractivity contribution in [1.82, 2.24) is 5.32 Å². The summed E-state index contributed by atoms with van der Waals surface area (Å²) in [5.41, 5.74) is 0.646. The van der Waals surface area contributed by atoms with Crippen molar-refractivity contribution in [2.75, 3.05) is 6.54 Å². The Balaban J connectivity index is 2.06. The molecule has 3 heteroatoms. The molecule has 0 heterocycles. The van der Waals surface area contributed by atoms with Gasteiger partial charge in [0.15, 0.2) is 0 Å². The van der Waals surface area contributed by atoms with Gasteiger partial charge in [0.05, 0.1) is 0 Å². The lowest BCUT2D eigenvalue weighted by molar-refractivity contribution is 0.510. The predicted octanol–water partition coefficient (Wildman–Crippen LogP) is 5.18. The van der Waals surface area contributed by atoms with Crippen LogP contribution >= 0.6 is 11.6 Å². The highest BCUT2D eigenvalue weighted by Gasteiger charge is 2.02. The smallest absolute Gasteiger partial charge is 0.127 e. The van der Waals surface area contributed by atoms with E-state index in [9.17, 15) is 4.39 Å². The van der Waals surface area contributed by atoms with Crippen LogP contribution in [0.15, 0.2) is 18.2 Å². The normalized spacial score (nSPS) is 11.2. The Morgan fingerprint density at radius 3 is 2.63 bits per heavy atom. The van der Waals surface area contributed by atoms with E-state index in [1.54, 1.807) is 12.1 Å². The van der Waals surface area contributed by atoms with Gasteiger partial charge >= 0.3 is 0 Å². The van der Waals surface area contributed by atoms with Crippen LogP contribution in [0, 0.1) is 11.7 Å². The quantitative estimate of drug-likeness (QED) is 0.617. The fourth-order valence-corrected chi connectivity index (χ4v) is 2.25. The van der Waals surface area contributed by atoms with Gasteiger partial charge in [0.25, 0.3) is 0 Å². The Bertz CT molecular complexity index is 366. The van der Waals surface area contributed by atoms with E-state index in [2.05, 4.69) is 19.2 Å². The number of halogens is 2. The second-order valence-electron chi connectivity index (χ2n) is 5.51. The number of unbranched alkanes of at least 4 members (excludes halogenated alkanes) is 3. The van der Waals surface area contributed by atoms with Crippen molar-refractivity contribution < 1.29 is 4.39 Å². The number of benzene rings is 1. The molecule has 0 saturated carbocycles. The summed E-state index contributed by atoms with van der Waals surface area (Å²) in [4.78, 5) is 0. The maximum Gasteiger partial charge on any atom is 0.127 e. The Hall–Kier alpha value is -0.600. The van der Waals surface area contributed by atoms with Crippen LogP contribution in [0.1, 0.15) is 51.5 Å². The molecule has 0 bridgehead atoms. The van der Waals surface area contributed by atoms with Crippen LogP contribution in [-0.4, -0.2) is 6.54 Å². The molecular formula is C16H25ClFN. The van der Waals surface area contributed by atoms with Gasteiger partial charge in [-0.15, -0.1) is 0 Å². The van der Waals surface area contributed by atoms with Crippen LogP contribution in [0.2, 0.25) is 5.02 Å². The molecule has 1 aromatic rings. The highest BCUT2D eigenvalue weighted by atomic mass is 35.5. The molecule has 0 aromatic heterocycles. The fraction of sp³-hybridized carbons (Fsp3) is 0.625. The molecule has 108 valence electrons. The van der Waals surface area contributed by atoms with E-state index >= 15 is 0 Å². The van der Waals surface area contributed by atoms with Gasteiger partial charge in [-0.05, 0) is 37.1 Å². The zero-order valence-corrected chi connectivity index (χ0v) is 12.8. The molecule has 19 heavy (non-hydrogen) atoms. The van der Waals surface area contributed by atoms with Gasteiger partial charge in [0, 0.05) is 17.1 Å². The van der Waals surface area contributed by atoms with E-state index in [-0.39, 0.29) is 5.82 Å². The van der Waals surface area contributed by atoms with E-state index in [4.69, 9.17) is 11.6 Å². The van der Waals surface area contributed by atoms with E-state index in [0.717, 1.165) is 18.9 Å². The Labute approximate surface area is 121 Å². The molecule has 0 amide bonds. The summed E-state index contributed by atoms with van der Waals surface area (Å²) in [6, 6.07) is 4.69. The predicted molar refractivity (Wildman–Crippen MR) is 81.0 cm³/mol. The molecule has 0 atom stereocenters. The number of hydrogen-bond donors (Lipinski definition) is 1. The van der Waals surface area contributed by atoms with Gasteiger partial charge in [0.1, 0.15) is 5.82 Å². The summed E-state index contributed by atoms with van der Waals surface area (Å²) in [5, 5.41) is 3.86. The molecule has 0 fully saturated rings. The average molecular weight is 286 g/mol. The van der Waals surface area contributed by atoms with E-state index in [1.165, 1.54) is 31.7 Å². The summed E-state index contributed by atoms with van der Waals surface area (Å²) in [5.74, 6) is 0.623. The number of rotatable bonds is 9. The van der Waals surface area contributed by atoms with Crippen molar-refractivity contribution in [3.63, 3.8) is 0 Å². The molecule has 0 unspecified atom stereocenters. The van der Waals surface area contributed by atoms with Gasteiger partial charge in [-0.25, -0.2) is 4.39 Å². The number of nitrogens with one attached hydrogen (secondary N) is 1. The lowest BCUT2D eigenvalue weighted by Gasteiger charge is -2.07. The van der Waals surface area contributed by atoms with Crippen LogP contribution in [0.5, 0.6) is 0 Å². The third-order valence-electron chi connectivity index (χ3n) is 3.21. The number of hydrogen-bond acceptors (Lipinski definition) is 1. The van der Waals surface area contributed by atoms with Crippen LogP contribution < -0.4 is 5.32 Å². The minimum absolute atomic E-state index is 0.186. The maximum atomic E-state index is 13.4. The second kappa shape index (κ2) is 9.33. The summed E-state index contributed by atoms with van der Waals surface area (Å²) in [6.45, 7) is 6.02. The second-order valence-corrected chi connectivity index (χ2v) is 5.95. The maximum absolute atomic E-state index is 13.4. The summed E-state index contributed by atoms with van der Waals surface area (Å²) in [6.07, 6.45) is 6.34. The first-order valence-electron chi connectivity index (χ1n) is 7.24. The Morgan fingerprint density at radius 1 is 1.16 bits per heavy atom. The lowest BCUT2D eigenvalue weighted by atomic mass is 10.0. The molecule has 0 aliphatic rings. The van der Waals surface area contributed by atoms with E-state index < -0.39 is 0 Å². The molecule has 0 radical (unpaired) electrons. The summed E-state index contributed by atoms with van der Waals surface area (Å²) in [7, 11) is 0. The molecular weight excluding hydrogens is 261 g/mol. The first kappa shape index (κ1) is 16.5. The monoisotopic (exact) mass is 285 g/mol. The van der Waals surface area contributed by atoms with Gasteiger partial charge in [0.2, 0.25) is 0 Å². The van der Waals surface area contributed by atoms with Crippen LogP contribution in [-0.2, 0) is 6.54 Å². The Morgan fingerprint density at radius 2 is 1.89 bits per heavy atom. The third-order valence-corrected chi connectivity index (χ3v) is 3.44. The highest BCUT2D eigenvalue weighted by Crippen LogP contribution is 2.14. The van der Waals surface area contributed by atoms with E-state index in [0.29, 0.717) is 17.1 Å². The van der Waals surface area contributed by atoms with Gasteiger partial charge in [-0.2, -0.15) is 0 Å². The molecule has 0 aliphatic carbocycles. The van der Waals surface area contributed by atoms with Crippen molar-refractivity contribution in [3.05, 3.63) is 34.6 Å². The summed E-state index contributed by atoms with van der Waals surface area (Å²) >= 11 is 5.85. The minimum Gasteiger partial charge on any atom is -0.313 e. The summed E-state index contributed by atoms with van der Waals surface area (Å²) < 4.78 is 13.4.